The van der Waals surface area contributed by atoms with Crippen LogP contribution in [0, 0.1) is 10.1 Å². The molecule has 9 nitrogen and oxygen atoms in total. The van der Waals surface area contributed by atoms with Crippen molar-refractivity contribution in [1.29, 1.82) is 0 Å². The number of hydrogen-bond donors (Lipinski definition) is 0. The van der Waals surface area contributed by atoms with Crippen LogP contribution in [0.1, 0.15) is 10.6 Å². The smallest absolute Gasteiger partial charge is 0.293 e. The predicted octanol–water partition coefficient (Wildman–Crippen LogP) is 3.39. The van der Waals surface area contributed by atoms with E-state index in [4.69, 9.17) is 4.42 Å². The fraction of sp³-hybridized carbons (Fsp3) is 0.333. The van der Waals surface area contributed by atoms with Crippen molar-refractivity contribution < 1.29 is 17.8 Å². The van der Waals surface area contributed by atoms with Gasteiger partial charge in [0.2, 0.25) is 10.0 Å². The van der Waals surface area contributed by atoms with Gasteiger partial charge in [0.15, 0.2) is 0 Å². The van der Waals surface area contributed by atoms with Gasteiger partial charge in [0, 0.05) is 37.1 Å². The minimum absolute atomic E-state index is 0.0634. The molecule has 1 aliphatic heterocycles. The molecule has 0 amide bonds. The number of sulfonamides is 1. The number of rotatable bonds is 8. The fourth-order valence-corrected chi connectivity index (χ4v) is 5.82. The number of benzene rings is 1. The first-order valence-corrected chi connectivity index (χ1v) is 12.4. The van der Waals surface area contributed by atoms with E-state index in [2.05, 4.69) is 4.90 Å². The fourth-order valence-electron chi connectivity index (χ4n) is 3.66. The van der Waals surface area contributed by atoms with Gasteiger partial charge in [0.25, 0.3) is 5.69 Å². The maximum absolute atomic E-state index is 13.1. The molecule has 4 rings (SSSR count). The summed E-state index contributed by atoms with van der Waals surface area (Å²) in [5.41, 5.74) is 0.0976. The summed E-state index contributed by atoms with van der Waals surface area (Å²) in [5.74, 6) is 0.657. The van der Waals surface area contributed by atoms with E-state index in [1.54, 1.807) is 29.7 Å². The highest BCUT2D eigenvalue weighted by atomic mass is 32.2. The maximum Gasteiger partial charge on any atom is 0.293 e. The Morgan fingerprint density at radius 2 is 1.91 bits per heavy atom. The summed E-state index contributed by atoms with van der Waals surface area (Å²) >= 11 is 1.55. The second-order valence-electron chi connectivity index (χ2n) is 7.63. The van der Waals surface area contributed by atoms with Crippen LogP contribution in [0.25, 0.3) is 0 Å². The zero-order valence-corrected chi connectivity index (χ0v) is 19.2. The van der Waals surface area contributed by atoms with Crippen LogP contribution >= 0.6 is 11.3 Å². The van der Waals surface area contributed by atoms with E-state index in [1.807, 2.05) is 29.5 Å². The number of anilines is 1. The van der Waals surface area contributed by atoms with E-state index >= 15 is 0 Å². The molecule has 3 heterocycles. The molecular weight excluding hydrogens is 452 g/mol. The number of piperazine rings is 1. The van der Waals surface area contributed by atoms with E-state index in [-0.39, 0.29) is 10.6 Å². The van der Waals surface area contributed by atoms with Crippen LogP contribution in [-0.4, -0.2) is 55.8 Å². The zero-order chi connectivity index (χ0) is 22.7. The average molecular weight is 477 g/mol. The van der Waals surface area contributed by atoms with Gasteiger partial charge in [-0.1, -0.05) is 6.07 Å². The largest absolute Gasteiger partial charge is 0.467 e. The number of nitro benzene ring substituents is 1. The lowest BCUT2D eigenvalue weighted by atomic mass is 10.2. The third-order valence-corrected chi connectivity index (χ3v) is 8.19. The monoisotopic (exact) mass is 476 g/mol. The third-order valence-electron chi connectivity index (χ3n) is 5.44. The third kappa shape index (κ3) is 4.85. The van der Waals surface area contributed by atoms with Gasteiger partial charge in [0.1, 0.15) is 11.4 Å². The molecule has 1 fully saturated rings. The van der Waals surface area contributed by atoms with Crippen molar-refractivity contribution in [3.63, 3.8) is 0 Å². The summed E-state index contributed by atoms with van der Waals surface area (Å²) in [6, 6.07) is 11.6. The van der Waals surface area contributed by atoms with E-state index in [9.17, 15) is 18.5 Å². The molecular formula is C21H24N4O5S2. The van der Waals surface area contributed by atoms with Crippen molar-refractivity contribution in [2.75, 3.05) is 38.1 Å². The number of nitrogens with zero attached hydrogens (tertiary/aromatic N) is 4. The van der Waals surface area contributed by atoms with Gasteiger partial charge in [-0.25, -0.2) is 8.42 Å². The van der Waals surface area contributed by atoms with Gasteiger partial charge < -0.3 is 14.2 Å². The molecule has 0 bridgehead atoms. The minimum Gasteiger partial charge on any atom is -0.467 e. The van der Waals surface area contributed by atoms with E-state index in [0.29, 0.717) is 50.7 Å². The lowest BCUT2D eigenvalue weighted by molar-refractivity contribution is -0.384. The van der Waals surface area contributed by atoms with E-state index in [0.717, 1.165) is 4.88 Å². The van der Waals surface area contributed by atoms with Crippen LogP contribution in [-0.2, 0) is 23.1 Å². The van der Waals surface area contributed by atoms with Crippen molar-refractivity contribution in [1.82, 2.24) is 9.21 Å². The normalized spacial score (nSPS) is 15.7. The molecule has 1 aromatic carbocycles. The number of nitro groups is 1. The number of thiophene rings is 1. The van der Waals surface area contributed by atoms with Crippen molar-refractivity contribution in [2.24, 2.45) is 0 Å². The zero-order valence-electron chi connectivity index (χ0n) is 17.6. The summed E-state index contributed by atoms with van der Waals surface area (Å²) in [4.78, 5) is 16.3. The molecule has 11 heteroatoms. The molecule has 32 heavy (non-hydrogen) atoms. The maximum atomic E-state index is 13.1. The number of furan rings is 1. The summed E-state index contributed by atoms with van der Waals surface area (Å²) in [6.45, 7) is 2.71. The molecule has 0 unspecified atom stereocenters. The predicted molar refractivity (Wildman–Crippen MR) is 122 cm³/mol. The SMILES string of the molecule is CN1CCN(S(=O)(=O)c2ccc(N(Cc3ccco3)Cc3cccs3)c([N+](=O)[O-])c2)CC1. The number of hydrogen-bond acceptors (Lipinski definition) is 8. The second kappa shape index (κ2) is 9.41. The molecule has 1 aliphatic rings. The summed E-state index contributed by atoms with van der Waals surface area (Å²) in [5, 5.41) is 13.9. The molecule has 0 aliphatic carbocycles. The molecule has 0 saturated carbocycles. The van der Waals surface area contributed by atoms with Crippen LogP contribution in [0.4, 0.5) is 11.4 Å². The molecule has 0 radical (unpaired) electrons. The number of likely N-dealkylation sites (N-methyl/N-ethyl adjacent to an activating group) is 1. The lowest BCUT2D eigenvalue weighted by Crippen LogP contribution is -2.47. The van der Waals surface area contributed by atoms with Crippen LogP contribution in [0.2, 0.25) is 0 Å². The van der Waals surface area contributed by atoms with Gasteiger partial charge in [-0.2, -0.15) is 4.31 Å². The Morgan fingerprint density at radius 1 is 1.12 bits per heavy atom. The standard InChI is InChI=1S/C21H24N4O5S2/c1-22-8-10-24(11-9-22)32(28,29)19-6-7-20(21(14-19)25(26)27)23(15-17-4-2-12-30-17)16-18-5-3-13-31-18/h2-7,12-14H,8-11,15-16H2,1H3. The Kier molecular flexibility index (Phi) is 6.60. The van der Waals surface area contributed by atoms with Crippen LogP contribution in [0.3, 0.4) is 0 Å². The van der Waals surface area contributed by atoms with Gasteiger partial charge >= 0.3 is 0 Å². The van der Waals surface area contributed by atoms with E-state index < -0.39 is 14.9 Å². The van der Waals surface area contributed by atoms with Gasteiger partial charge in [-0.3, -0.25) is 10.1 Å². The topological polar surface area (TPSA) is 100 Å². The molecule has 170 valence electrons. The van der Waals surface area contributed by atoms with Crippen molar-refractivity contribution in [2.45, 2.75) is 18.0 Å². The highest BCUT2D eigenvalue weighted by molar-refractivity contribution is 7.89. The molecule has 1 saturated heterocycles. The van der Waals surface area contributed by atoms with Crippen molar-refractivity contribution in [3.8, 4) is 0 Å². The lowest BCUT2D eigenvalue weighted by Gasteiger charge is -2.31. The Hall–Kier alpha value is -2.73. The van der Waals surface area contributed by atoms with Crippen molar-refractivity contribution >= 4 is 32.7 Å². The molecule has 2 aromatic heterocycles. The first-order chi connectivity index (χ1) is 15.3. The van der Waals surface area contributed by atoms with Crippen LogP contribution < -0.4 is 4.90 Å². The first kappa shape index (κ1) is 22.5. The summed E-state index contributed by atoms with van der Waals surface area (Å²) in [7, 11) is -1.88. The summed E-state index contributed by atoms with van der Waals surface area (Å²) in [6.07, 6.45) is 1.55. The minimum atomic E-state index is -3.82. The Balaban J connectivity index is 1.69. The van der Waals surface area contributed by atoms with E-state index in [1.165, 1.54) is 22.5 Å². The molecule has 0 N–H and O–H groups in total. The van der Waals surface area contributed by atoms with Gasteiger partial charge in [-0.15, -0.1) is 11.3 Å². The quantitative estimate of drug-likeness (QED) is 0.363. The van der Waals surface area contributed by atoms with Gasteiger partial charge in [0.05, 0.1) is 29.2 Å². The van der Waals surface area contributed by atoms with Crippen molar-refractivity contribution in [3.05, 3.63) is 74.9 Å². The Bertz CT molecular complexity index is 1120. The second-order valence-corrected chi connectivity index (χ2v) is 10.6. The Labute approximate surface area is 190 Å². The molecule has 0 atom stereocenters. The average Bonchev–Trinajstić information content (AvgIpc) is 3.47. The first-order valence-electron chi connectivity index (χ1n) is 10.1. The molecule has 3 aromatic rings. The highest BCUT2D eigenvalue weighted by Gasteiger charge is 2.31. The van der Waals surface area contributed by atoms with Crippen LogP contribution in [0.5, 0.6) is 0 Å². The van der Waals surface area contributed by atoms with Gasteiger partial charge in [-0.05, 0) is 42.8 Å². The summed E-state index contributed by atoms with van der Waals surface area (Å²) < 4.78 is 33.1. The molecule has 0 spiro atoms. The Morgan fingerprint density at radius 3 is 2.53 bits per heavy atom. The highest BCUT2D eigenvalue weighted by Crippen LogP contribution is 2.34. The van der Waals surface area contributed by atoms with Crippen LogP contribution in [0.15, 0.2) is 63.4 Å².